The van der Waals surface area contributed by atoms with E-state index in [1.807, 2.05) is 12.1 Å². The average molecular weight is 335 g/mol. The summed E-state index contributed by atoms with van der Waals surface area (Å²) in [4.78, 5) is 0. The number of hydrogen-bond donors (Lipinski definition) is 2. The smallest absolute Gasteiger partial charge is 0.122 e. The van der Waals surface area contributed by atoms with Crippen molar-refractivity contribution in [2.45, 2.75) is 104 Å². The second-order valence-electron chi connectivity index (χ2n) is 7.15. The van der Waals surface area contributed by atoms with E-state index >= 15 is 0 Å². The fraction of sp³-hybridized carbons (Fsp3) is 0.727. The zero-order valence-electron chi connectivity index (χ0n) is 15.9. The Morgan fingerprint density at radius 1 is 0.583 bits per heavy atom. The number of aryl methyl sites for hydroxylation is 1. The molecule has 0 spiro atoms. The van der Waals surface area contributed by atoms with Gasteiger partial charge in [-0.25, -0.2) is 0 Å². The van der Waals surface area contributed by atoms with Crippen molar-refractivity contribution >= 4 is 0 Å². The molecular formula is C22H38O2. The van der Waals surface area contributed by atoms with Crippen LogP contribution in [0.5, 0.6) is 11.5 Å². The van der Waals surface area contributed by atoms with Crippen molar-refractivity contribution in [1.82, 2.24) is 0 Å². The lowest BCUT2D eigenvalue weighted by Gasteiger charge is -2.10. The molecule has 1 aromatic rings. The van der Waals surface area contributed by atoms with Crippen molar-refractivity contribution in [2.24, 2.45) is 0 Å². The molecule has 0 bridgehead atoms. The maximum Gasteiger partial charge on any atom is 0.122 e. The first-order valence-electron chi connectivity index (χ1n) is 10.2. The third-order valence-corrected chi connectivity index (χ3v) is 4.86. The first-order valence-corrected chi connectivity index (χ1v) is 10.2. The SMILES string of the molecule is CCCCCCCCc1cc(O)c(CCCCCCCC)c(O)c1. The van der Waals surface area contributed by atoms with Crippen molar-refractivity contribution < 1.29 is 10.2 Å². The Morgan fingerprint density at radius 2 is 1.00 bits per heavy atom. The van der Waals surface area contributed by atoms with Gasteiger partial charge in [0, 0.05) is 5.56 Å². The van der Waals surface area contributed by atoms with Gasteiger partial charge in [0.15, 0.2) is 0 Å². The summed E-state index contributed by atoms with van der Waals surface area (Å²) in [5.41, 5.74) is 1.80. The lowest BCUT2D eigenvalue weighted by Crippen LogP contribution is -1.92. The van der Waals surface area contributed by atoms with Crippen molar-refractivity contribution in [3.63, 3.8) is 0 Å². The first-order chi connectivity index (χ1) is 11.7. The van der Waals surface area contributed by atoms with Crippen LogP contribution in [0.25, 0.3) is 0 Å². The lowest BCUT2D eigenvalue weighted by atomic mass is 9.99. The molecule has 1 rings (SSSR count). The molecule has 24 heavy (non-hydrogen) atoms. The summed E-state index contributed by atoms with van der Waals surface area (Å²) >= 11 is 0. The van der Waals surface area contributed by atoms with E-state index in [4.69, 9.17) is 0 Å². The normalized spacial score (nSPS) is 11.1. The molecule has 0 radical (unpaired) electrons. The Bertz CT molecular complexity index is 417. The van der Waals surface area contributed by atoms with E-state index in [-0.39, 0.29) is 11.5 Å². The fourth-order valence-corrected chi connectivity index (χ4v) is 3.29. The van der Waals surface area contributed by atoms with Gasteiger partial charge < -0.3 is 10.2 Å². The maximum atomic E-state index is 10.2. The Hall–Kier alpha value is -1.18. The largest absolute Gasteiger partial charge is 0.508 e. The summed E-state index contributed by atoms with van der Waals surface area (Å²) < 4.78 is 0. The van der Waals surface area contributed by atoms with Crippen molar-refractivity contribution in [1.29, 1.82) is 0 Å². The predicted octanol–water partition coefficient (Wildman–Crippen LogP) is 6.90. The topological polar surface area (TPSA) is 40.5 Å². The van der Waals surface area contributed by atoms with Gasteiger partial charge in [0.05, 0.1) is 0 Å². The minimum absolute atomic E-state index is 0.282. The molecule has 0 aliphatic heterocycles. The van der Waals surface area contributed by atoms with E-state index in [1.54, 1.807) is 0 Å². The zero-order valence-corrected chi connectivity index (χ0v) is 15.9. The molecule has 0 saturated carbocycles. The molecule has 2 N–H and O–H groups in total. The Labute approximate surface area is 149 Å². The van der Waals surface area contributed by atoms with E-state index in [1.165, 1.54) is 64.2 Å². The van der Waals surface area contributed by atoms with Crippen LogP contribution in [0, 0.1) is 0 Å². The molecule has 0 aromatic heterocycles. The predicted molar refractivity (Wildman–Crippen MR) is 104 cm³/mol. The molecule has 0 fully saturated rings. The molecule has 0 atom stereocenters. The molecule has 0 amide bonds. The van der Waals surface area contributed by atoms with Crippen LogP contribution in [0.2, 0.25) is 0 Å². The Morgan fingerprint density at radius 3 is 1.50 bits per heavy atom. The summed E-state index contributed by atoms with van der Waals surface area (Å²) in [7, 11) is 0. The zero-order chi connectivity index (χ0) is 17.6. The number of rotatable bonds is 14. The minimum atomic E-state index is 0.282. The van der Waals surface area contributed by atoms with E-state index < -0.39 is 0 Å². The molecule has 2 nitrogen and oxygen atoms in total. The van der Waals surface area contributed by atoms with Gasteiger partial charge >= 0.3 is 0 Å². The number of phenolic OH excluding ortho intramolecular Hbond substituents is 2. The molecule has 2 heteroatoms. The van der Waals surface area contributed by atoms with E-state index in [0.29, 0.717) is 0 Å². The van der Waals surface area contributed by atoms with Gasteiger partial charge in [0.2, 0.25) is 0 Å². The van der Waals surface area contributed by atoms with E-state index in [0.717, 1.165) is 36.8 Å². The quantitative estimate of drug-likeness (QED) is 0.363. The number of phenols is 2. The van der Waals surface area contributed by atoms with E-state index in [2.05, 4.69) is 13.8 Å². The van der Waals surface area contributed by atoms with Crippen LogP contribution in [0.4, 0.5) is 0 Å². The fourth-order valence-electron chi connectivity index (χ4n) is 3.29. The van der Waals surface area contributed by atoms with Crippen molar-refractivity contribution in [3.05, 3.63) is 23.3 Å². The van der Waals surface area contributed by atoms with Crippen LogP contribution in [0.1, 0.15) is 102 Å². The summed E-state index contributed by atoms with van der Waals surface area (Å²) in [6, 6.07) is 3.72. The number of aromatic hydroxyl groups is 2. The molecule has 138 valence electrons. The standard InChI is InChI=1S/C22H38O2/c1-3-5-7-9-11-13-15-19-17-21(23)20(22(24)18-19)16-14-12-10-8-6-4-2/h17-18,23-24H,3-16H2,1-2H3. The molecule has 0 unspecified atom stereocenters. The Balaban J connectivity index is 2.33. The third-order valence-electron chi connectivity index (χ3n) is 4.86. The summed E-state index contributed by atoms with van der Waals surface area (Å²) in [5, 5.41) is 20.5. The van der Waals surface area contributed by atoms with Gasteiger partial charge in [-0.3, -0.25) is 0 Å². The van der Waals surface area contributed by atoms with Crippen LogP contribution in [-0.2, 0) is 12.8 Å². The monoisotopic (exact) mass is 334 g/mol. The second-order valence-corrected chi connectivity index (χ2v) is 7.15. The van der Waals surface area contributed by atoms with Gasteiger partial charge in [0.25, 0.3) is 0 Å². The third kappa shape index (κ3) is 8.61. The van der Waals surface area contributed by atoms with Crippen LogP contribution in [-0.4, -0.2) is 10.2 Å². The van der Waals surface area contributed by atoms with Crippen LogP contribution >= 0.6 is 0 Å². The van der Waals surface area contributed by atoms with Crippen molar-refractivity contribution in [3.8, 4) is 11.5 Å². The van der Waals surface area contributed by atoms with Gasteiger partial charge in [-0.2, -0.15) is 0 Å². The van der Waals surface area contributed by atoms with Crippen LogP contribution < -0.4 is 0 Å². The number of benzene rings is 1. The highest BCUT2D eigenvalue weighted by Crippen LogP contribution is 2.31. The summed E-state index contributed by atoms with van der Waals surface area (Å²) in [5.74, 6) is 0.564. The average Bonchev–Trinajstić information content (AvgIpc) is 2.56. The second kappa shape index (κ2) is 13.1. The highest BCUT2D eigenvalue weighted by Gasteiger charge is 2.09. The molecule has 0 heterocycles. The van der Waals surface area contributed by atoms with Crippen LogP contribution in [0.3, 0.4) is 0 Å². The Kier molecular flexibility index (Phi) is 11.4. The van der Waals surface area contributed by atoms with Gasteiger partial charge in [-0.1, -0.05) is 78.1 Å². The van der Waals surface area contributed by atoms with Gasteiger partial charge in [-0.15, -0.1) is 0 Å². The molecule has 0 aliphatic rings. The lowest BCUT2D eigenvalue weighted by molar-refractivity contribution is 0.434. The van der Waals surface area contributed by atoms with Crippen LogP contribution in [0.15, 0.2) is 12.1 Å². The van der Waals surface area contributed by atoms with Gasteiger partial charge in [-0.05, 0) is 43.4 Å². The maximum absolute atomic E-state index is 10.2. The highest BCUT2D eigenvalue weighted by molar-refractivity contribution is 5.46. The first kappa shape index (κ1) is 20.9. The van der Waals surface area contributed by atoms with E-state index in [9.17, 15) is 10.2 Å². The molecule has 0 saturated heterocycles. The number of unbranched alkanes of at least 4 members (excludes halogenated alkanes) is 10. The molecular weight excluding hydrogens is 296 g/mol. The minimum Gasteiger partial charge on any atom is -0.508 e. The molecule has 0 aliphatic carbocycles. The molecule has 1 aromatic carbocycles. The summed E-state index contributed by atoms with van der Waals surface area (Å²) in [6.07, 6.45) is 16.7. The van der Waals surface area contributed by atoms with Gasteiger partial charge in [0.1, 0.15) is 11.5 Å². The van der Waals surface area contributed by atoms with Crippen molar-refractivity contribution in [2.75, 3.05) is 0 Å². The number of hydrogen-bond acceptors (Lipinski definition) is 2. The highest BCUT2D eigenvalue weighted by atomic mass is 16.3. The summed E-state index contributed by atoms with van der Waals surface area (Å²) in [6.45, 7) is 4.46.